The van der Waals surface area contributed by atoms with Crippen molar-refractivity contribution in [2.24, 2.45) is 0 Å². The second kappa shape index (κ2) is 4.31. The number of aromatic nitrogens is 1. The van der Waals surface area contributed by atoms with Crippen LogP contribution >= 0.6 is 15.9 Å². The summed E-state index contributed by atoms with van der Waals surface area (Å²) in [5, 5.41) is 0. The number of hydrogen-bond donors (Lipinski definition) is 0. The van der Waals surface area contributed by atoms with E-state index in [0.717, 1.165) is 17.9 Å². The standard InChI is InChI=1S/C11H13BrN2O/c1-8-3-2-4-10(13-8)7-14-6-9(12)5-11(14)15/h2-4,9H,5-7H2,1H3. The minimum atomic E-state index is 0.209. The van der Waals surface area contributed by atoms with Gasteiger partial charge in [-0.15, -0.1) is 0 Å². The van der Waals surface area contributed by atoms with E-state index in [-0.39, 0.29) is 5.91 Å². The molecular formula is C11H13BrN2O. The van der Waals surface area contributed by atoms with E-state index in [4.69, 9.17) is 0 Å². The Morgan fingerprint density at radius 1 is 1.60 bits per heavy atom. The maximum Gasteiger partial charge on any atom is 0.224 e. The topological polar surface area (TPSA) is 33.2 Å². The molecule has 0 bridgehead atoms. The van der Waals surface area contributed by atoms with Crippen molar-refractivity contribution >= 4 is 21.8 Å². The highest BCUT2D eigenvalue weighted by Crippen LogP contribution is 2.19. The molecule has 1 saturated heterocycles. The summed E-state index contributed by atoms with van der Waals surface area (Å²) in [5.74, 6) is 0.209. The summed E-state index contributed by atoms with van der Waals surface area (Å²) in [7, 11) is 0. The largest absolute Gasteiger partial charge is 0.336 e. The SMILES string of the molecule is Cc1cccc(CN2CC(Br)CC2=O)n1. The molecule has 2 heterocycles. The van der Waals surface area contributed by atoms with E-state index in [1.165, 1.54) is 0 Å². The van der Waals surface area contributed by atoms with Crippen LogP contribution in [0, 0.1) is 6.92 Å². The number of alkyl halides is 1. The van der Waals surface area contributed by atoms with Gasteiger partial charge < -0.3 is 4.90 Å². The number of rotatable bonds is 2. The van der Waals surface area contributed by atoms with Crippen LogP contribution in [0.1, 0.15) is 17.8 Å². The fourth-order valence-electron chi connectivity index (χ4n) is 1.76. The minimum Gasteiger partial charge on any atom is -0.336 e. The first kappa shape index (κ1) is 10.6. The quantitative estimate of drug-likeness (QED) is 0.768. The van der Waals surface area contributed by atoms with Crippen molar-refractivity contribution in [2.45, 2.75) is 24.7 Å². The molecule has 15 heavy (non-hydrogen) atoms. The molecule has 1 aliphatic rings. The number of aryl methyl sites for hydroxylation is 1. The first-order valence-electron chi connectivity index (χ1n) is 4.99. The Morgan fingerprint density at radius 3 is 3.00 bits per heavy atom. The molecule has 0 radical (unpaired) electrons. The number of carbonyl (C=O) groups excluding carboxylic acids is 1. The highest BCUT2D eigenvalue weighted by molar-refractivity contribution is 9.09. The number of nitrogens with zero attached hydrogens (tertiary/aromatic N) is 2. The van der Waals surface area contributed by atoms with Crippen molar-refractivity contribution in [2.75, 3.05) is 6.54 Å². The average molecular weight is 269 g/mol. The van der Waals surface area contributed by atoms with Crippen LogP contribution < -0.4 is 0 Å². The zero-order chi connectivity index (χ0) is 10.8. The predicted molar refractivity (Wildman–Crippen MR) is 61.7 cm³/mol. The van der Waals surface area contributed by atoms with Gasteiger partial charge in [0.2, 0.25) is 5.91 Å². The molecule has 0 spiro atoms. The van der Waals surface area contributed by atoms with Gasteiger partial charge in [0.1, 0.15) is 0 Å². The fraction of sp³-hybridized carbons (Fsp3) is 0.455. The summed E-state index contributed by atoms with van der Waals surface area (Å²) in [5.41, 5.74) is 1.96. The van der Waals surface area contributed by atoms with E-state index >= 15 is 0 Å². The van der Waals surface area contributed by atoms with Gasteiger partial charge in [-0.25, -0.2) is 0 Å². The van der Waals surface area contributed by atoms with Gasteiger partial charge in [0.25, 0.3) is 0 Å². The van der Waals surface area contributed by atoms with Gasteiger partial charge in [-0.05, 0) is 19.1 Å². The average Bonchev–Trinajstić information content (AvgIpc) is 2.45. The minimum absolute atomic E-state index is 0.209. The van der Waals surface area contributed by atoms with E-state index in [9.17, 15) is 4.79 Å². The van der Waals surface area contributed by atoms with Crippen LogP contribution in [0.2, 0.25) is 0 Å². The smallest absolute Gasteiger partial charge is 0.224 e. The van der Waals surface area contributed by atoms with Crippen molar-refractivity contribution in [1.29, 1.82) is 0 Å². The summed E-state index contributed by atoms with van der Waals surface area (Å²) in [6.45, 7) is 3.37. The number of likely N-dealkylation sites (tertiary alicyclic amines) is 1. The third kappa shape index (κ3) is 2.56. The lowest BCUT2D eigenvalue weighted by atomic mass is 10.3. The summed E-state index contributed by atoms with van der Waals surface area (Å²) >= 11 is 3.46. The Kier molecular flexibility index (Phi) is 3.05. The van der Waals surface area contributed by atoms with Gasteiger partial charge in [0.05, 0.1) is 12.2 Å². The Bertz CT molecular complexity index is 381. The number of amides is 1. The third-order valence-corrected chi connectivity index (χ3v) is 3.08. The normalized spacial score (nSPS) is 21.1. The number of pyridine rings is 1. The van der Waals surface area contributed by atoms with Crippen LogP contribution in [0.3, 0.4) is 0 Å². The van der Waals surface area contributed by atoms with Crippen molar-refractivity contribution < 1.29 is 4.79 Å². The molecule has 80 valence electrons. The van der Waals surface area contributed by atoms with Crippen LogP contribution in [-0.4, -0.2) is 27.2 Å². The zero-order valence-electron chi connectivity index (χ0n) is 8.61. The summed E-state index contributed by atoms with van der Waals surface area (Å²) in [6, 6.07) is 5.90. The fourth-order valence-corrected chi connectivity index (χ4v) is 2.39. The van der Waals surface area contributed by atoms with Gasteiger partial charge in [0, 0.05) is 23.5 Å². The van der Waals surface area contributed by atoms with E-state index in [0.29, 0.717) is 17.8 Å². The second-order valence-corrected chi connectivity index (χ2v) is 5.14. The highest BCUT2D eigenvalue weighted by atomic mass is 79.9. The second-order valence-electron chi connectivity index (χ2n) is 3.85. The Morgan fingerprint density at radius 2 is 2.40 bits per heavy atom. The van der Waals surface area contributed by atoms with Gasteiger partial charge in [-0.2, -0.15) is 0 Å². The van der Waals surface area contributed by atoms with Crippen LogP contribution in [0.5, 0.6) is 0 Å². The molecule has 1 unspecified atom stereocenters. The molecule has 1 aliphatic heterocycles. The number of hydrogen-bond acceptors (Lipinski definition) is 2. The van der Waals surface area contributed by atoms with Gasteiger partial charge in [-0.3, -0.25) is 9.78 Å². The molecule has 1 aromatic heterocycles. The third-order valence-electron chi connectivity index (χ3n) is 2.47. The molecule has 1 atom stereocenters. The summed E-state index contributed by atoms with van der Waals surface area (Å²) in [6.07, 6.45) is 0.603. The molecule has 1 aromatic rings. The predicted octanol–water partition coefficient (Wildman–Crippen LogP) is 1.89. The zero-order valence-corrected chi connectivity index (χ0v) is 10.2. The lowest BCUT2D eigenvalue weighted by Gasteiger charge is -2.15. The lowest BCUT2D eigenvalue weighted by Crippen LogP contribution is -2.25. The Balaban J connectivity index is 2.06. The molecule has 0 N–H and O–H groups in total. The Labute approximate surface area is 97.6 Å². The van der Waals surface area contributed by atoms with E-state index < -0.39 is 0 Å². The maximum atomic E-state index is 11.5. The molecule has 3 nitrogen and oxygen atoms in total. The van der Waals surface area contributed by atoms with Gasteiger partial charge in [0.15, 0.2) is 0 Å². The van der Waals surface area contributed by atoms with Crippen LogP contribution in [-0.2, 0) is 11.3 Å². The summed E-state index contributed by atoms with van der Waals surface area (Å²) < 4.78 is 0. The van der Waals surface area contributed by atoms with Gasteiger partial charge >= 0.3 is 0 Å². The van der Waals surface area contributed by atoms with Crippen LogP contribution in [0.15, 0.2) is 18.2 Å². The Hall–Kier alpha value is -0.900. The van der Waals surface area contributed by atoms with Crippen molar-refractivity contribution in [3.8, 4) is 0 Å². The first-order chi connectivity index (χ1) is 7.15. The molecule has 0 aromatic carbocycles. The number of carbonyl (C=O) groups is 1. The first-order valence-corrected chi connectivity index (χ1v) is 5.91. The monoisotopic (exact) mass is 268 g/mol. The molecule has 4 heteroatoms. The molecule has 1 fully saturated rings. The van der Waals surface area contributed by atoms with Crippen LogP contribution in [0.25, 0.3) is 0 Å². The van der Waals surface area contributed by atoms with Gasteiger partial charge in [-0.1, -0.05) is 22.0 Å². The molecular weight excluding hydrogens is 256 g/mol. The molecule has 1 amide bonds. The molecule has 2 rings (SSSR count). The van der Waals surface area contributed by atoms with E-state index in [1.807, 2.05) is 30.0 Å². The van der Waals surface area contributed by atoms with E-state index in [2.05, 4.69) is 20.9 Å². The summed E-state index contributed by atoms with van der Waals surface area (Å²) in [4.78, 5) is 18.1. The van der Waals surface area contributed by atoms with E-state index in [1.54, 1.807) is 0 Å². The van der Waals surface area contributed by atoms with Crippen molar-refractivity contribution in [3.05, 3.63) is 29.6 Å². The molecule has 0 saturated carbocycles. The lowest BCUT2D eigenvalue weighted by molar-refractivity contribution is -0.128. The maximum absolute atomic E-state index is 11.5. The van der Waals surface area contributed by atoms with Crippen molar-refractivity contribution in [3.63, 3.8) is 0 Å². The van der Waals surface area contributed by atoms with Crippen LogP contribution in [0.4, 0.5) is 0 Å². The highest BCUT2D eigenvalue weighted by Gasteiger charge is 2.27. The van der Waals surface area contributed by atoms with Crippen molar-refractivity contribution in [1.82, 2.24) is 9.88 Å². The number of halogens is 1. The molecule has 0 aliphatic carbocycles.